The Morgan fingerprint density at radius 1 is 1.22 bits per heavy atom. The predicted octanol–water partition coefficient (Wildman–Crippen LogP) is 3.56. The van der Waals surface area contributed by atoms with Crippen molar-refractivity contribution in [2.45, 2.75) is 32.6 Å². The molecule has 0 N–H and O–H groups in total. The minimum atomic E-state index is -0.231. The van der Waals surface area contributed by atoms with Gasteiger partial charge in [0, 0.05) is 23.4 Å². The van der Waals surface area contributed by atoms with E-state index in [-0.39, 0.29) is 11.8 Å². The van der Waals surface area contributed by atoms with Crippen molar-refractivity contribution >= 4 is 23.4 Å². The topological polar surface area (TPSA) is 43.4 Å². The van der Waals surface area contributed by atoms with Crippen molar-refractivity contribution in [3.05, 3.63) is 34.3 Å². The van der Waals surface area contributed by atoms with Gasteiger partial charge in [-0.2, -0.15) is 0 Å². The molecule has 4 heteroatoms. The van der Waals surface area contributed by atoms with Gasteiger partial charge in [-0.3, -0.25) is 9.59 Å². The van der Waals surface area contributed by atoms with Crippen LogP contribution in [-0.4, -0.2) is 18.9 Å². The number of hydrogen-bond acceptors (Lipinski definition) is 3. The number of unbranched alkanes of at least 4 members (excludes halogenated alkanes) is 1. The van der Waals surface area contributed by atoms with Crippen LogP contribution in [0.3, 0.4) is 0 Å². The van der Waals surface area contributed by atoms with Gasteiger partial charge in [0.1, 0.15) is 0 Å². The van der Waals surface area contributed by atoms with E-state index in [1.54, 1.807) is 18.2 Å². The van der Waals surface area contributed by atoms with Crippen molar-refractivity contribution in [2.24, 2.45) is 0 Å². The predicted molar refractivity (Wildman–Crippen MR) is 71.0 cm³/mol. The Kier molecular flexibility index (Phi) is 5.86. The minimum Gasteiger partial charge on any atom is -0.469 e. The van der Waals surface area contributed by atoms with E-state index in [1.807, 2.05) is 6.92 Å². The molecule has 98 valence electrons. The zero-order valence-corrected chi connectivity index (χ0v) is 11.4. The lowest BCUT2D eigenvalue weighted by atomic mass is 10.0. The molecule has 0 spiro atoms. The zero-order chi connectivity index (χ0) is 13.5. The molecule has 0 fully saturated rings. The van der Waals surface area contributed by atoms with Gasteiger partial charge >= 0.3 is 5.97 Å². The molecule has 18 heavy (non-hydrogen) atoms. The standard InChI is InChI=1S/C14H17ClO3/c1-10-9-11(15)7-8-12(10)13(16)5-3-4-6-14(17)18-2/h7-9H,3-6H2,1-2H3. The van der Waals surface area contributed by atoms with Crippen LogP contribution in [0.25, 0.3) is 0 Å². The fourth-order valence-electron chi connectivity index (χ4n) is 1.73. The molecule has 0 radical (unpaired) electrons. The van der Waals surface area contributed by atoms with E-state index >= 15 is 0 Å². The van der Waals surface area contributed by atoms with E-state index in [0.717, 1.165) is 5.56 Å². The average Bonchev–Trinajstić information content (AvgIpc) is 2.34. The van der Waals surface area contributed by atoms with E-state index in [1.165, 1.54) is 7.11 Å². The van der Waals surface area contributed by atoms with Crippen LogP contribution in [0.5, 0.6) is 0 Å². The second kappa shape index (κ2) is 7.17. The van der Waals surface area contributed by atoms with Crippen molar-refractivity contribution < 1.29 is 14.3 Å². The van der Waals surface area contributed by atoms with E-state index in [2.05, 4.69) is 4.74 Å². The van der Waals surface area contributed by atoms with Crippen LogP contribution in [0.1, 0.15) is 41.6 Å². The molecule has 0 aliphatic rings. The molecule has 1 aromatic carbocycles. The summed E-state index contributed by atoms with van der Waals surface area (Å²) in [6.07, 6.45) is 2.17. The van der Waals surface area contributed by atoms with Crippen LogP contribution in [0.2, 0.25) is 5.02 Å². The Morgan fingerprint density at radius 3 is 2.50 bits per heavy atom. The number of Topliss-reactive ketones (excluding diaryl/α,β-unsaturated/α-hetero) is 1. The lowest BCUT2D eigenvalue weighted by molar-refractivity contribution is -0.140. The fourth-order valence-corrected chi connectivity index (χ4v) is 1.96. The summed E-state index contributed by atoms with van der Waals surface area (Å²) in [5, 5.41) is 0.634. The van der Waals surface area contributed by atoms with Gasteiger partial charge in [0.25, 0.3) is 0 Å². The molecular formula is C14H17ClO3. The first-order valence-corrected chi connectivity index (χ1v) is 6.28. The maximum atomic E-state index is 11.9. The third-order valence-corrected chi connectivity index (χ3v) is 2.99. The average molecular weight is 269 g/mol. The summed E-state index contributed by atoms with van der Waals surface area (Å²) in [5.41, 5.74) is 1.60. The first-order chi connectivity index (χ1) is 8.54. The monoisotopic (exact) mass is 268 g/mol. The van der Waals surface area contributed by atoms with E-state index < -0.39 is 0 Å². The van der Waals surface area contributed by atoms with Crippen molar-refractivity contribution in [2.75, 3.05) is 7.11 Å². The highest BCUT2D eigenvalue weighted by Gasteiger charge is 2.09. The molecule has 0 aromatic heterocycles. The highest BCUT2D eigenvalue weighted by molar-refractivity contribution is 6.30. The van der Waals surface area contributed by atoms with Gasteiger partial charge in [-0.15, -0.1) is 0 Å². The molecule has 0 atom stereocenters. The molecule has 1 rings (SSSR count). The van der Waals surface area contributed by atoms with E-state index in [0.29, 0.717) is 36.3 Å². The van der Waals surface area contributed by atoms with Crippen molar-refractivity contribution in [1.29, 1.82) is 0 Å². The molecule has 0 saturated carbocycles. The summed E-state index contributed by atoms with van der Waals surface area (Å²) in [5.74, 6) is -0.140. The number of halogens is 1. The number of methoxy groups -OCH3 is 1. The van der Waals surface area contributed by atoms with Crippen LogP contribution in [0.4, 0.5) is 0 Å². The zero-order valence-electron chi connectivity index (χ0n) is 10.7. The molecule has 0 bridgehead atoms. The molecule has 0 unspecified atom stereocenters. The molecule has 0 aliphatic carbocycles. The van der Waals surface area contributed by atoms with Crippen molar-refractivity contribution in [3.63, 3.8) is 0 Å². The van der Waals surface area contributed by atoms with Gasteiger partial charge < -0.3 is 4.74 Å². The Morgan fingerprint density at radius 2 is 1.89 bits per heavy atom. The smallest absolute Gasteiger partial charge is 0.305 e. The molecule has 3 nitrogen and oxygen atoms in total. The summed E-state index contributed by atoms with van der Waals surface area (Å²) in [6.45, 7) is 1.87. The maximum absolute atomic E-state index is 11.9. The highest BCUT2D eigenvalue weighted by atomic mass is 35.5. The van der Waals surface area contributed by atoms with Gasteiger partial charge in [-0.25, -0.2) is 0 Å². The fraction of sp³-hybridized carbons (Fsp3) is 0.429. The number of rotatable bonds is 6. The summed E-state index contributed by atoms with van der Waals surface area (Å²) >= 11 is 5.84. The largest absolute Gasteiger partial charge is 0.469 e. The van der Waals surface area contributed by atoms with Gasteiger partial charge in [0.2, 0.25) is 0 Å². The molecule has 1 aromatic rings. The van der Waals surface area contributed by atoms with Gasteiger partial charge in [0.05, 0.1) is 7.11 Å². The lowest BCUT2D eigenvalue weighted by Gasteiger charge is -2.05. The SMILES string of the molecule is COC(=O)CCCCC(=O)c1ccc(Cl)cc1C. The Bertz CT molecular complexity index is 441. The van der Waals surface area contributed by atoms with Gasteiger partial charge in [0.15, 0.2) is 5.78 Å². The second-order valence-corrected chi connectivity index (χ2v) is 4.60. The van der Waals surface area contributed by atoms with Crippen LogP contribution >= 0.6 is 11.6 Å². The summed E-state index contributed by atoms with van der Waals surface area (Å²) in [6, 6.07) is 5.25. The van der Waals surface area contributed by atoms with Crippen LogP contribution in [0.15, 0.2) is 18.2 Å². The van der Waals surface area contributed by atoms with Crippen LogP contribution in [-0.2, 0) is 9.53 Å². The Balaban J connectivity index is 2.43. The summed E-state index contributed by atoms with van der Waals surface area (Å²) in [7, 11) is 1.37. The number of ether oxygens (including phenoxy) is 1. The Hall–Kier alpha value is -1.35. The number of carbonyl (C=O) groups is 2. The lowest BCUT2D eigenvalue weighted by Crippen LogP contribution is -2.03. The molecule has 0 aliphatic heterocycles. The normalized spacial score (nSPS) is 10.2. The summed E-state index contributed by atoms with van der Waals surface area (Å²) in [4.78, 5) is 22.8. The number of aryl methyl sites for hydroxylation is 1. The first-order valence-electron chi connectivity index (χ1n) is 5.90. The third-order valence-electron chi connectivity index (χ3n) is 2.75. The summed E-state index contributed by atoms with van der Waals surface area (Å²) < 4.78 is 4.54. The molecule has 0 saturated heterocycles. The maximum Gasteiger partial charge on any atom is 0.305 e. The number of ketones is 1. The quantitative estimate of drug-likeness (QED) is 0.450. The second-order valence-electron chi connectivity index (χ2n) is 4.17. The third kappa shape index (κ3) is 4.49. The molecule has 0 amide bonds. The van der Waals surface area contributed by atoms with Crippen molar-refractivity contribution in [1.82, 2.24) is 0 Å². The van der Waals surface area contributed by atoms with Gasteiger partial charge in [-0.1, -0.05) is 11.6 Å². The number of esters is 1. The number of benzene rings is 1. The molecular weight excluding hydrogens is 252 g/mol. The Labute approximate surface area is 112 Å². The van der Waals surface area contributed by atoms with Crippen LogP contribution in [0, 0.1) is 6.92 Å². The van der Waals surface area contributed by atoms with Gasteiger partial charge in [-0.05, 0) is 43.5 Å². The van der Waals surface area contributed by atoms with E-state index in [9.17, 15) is 9.59 Å². The number of carbonyl (C=O) groups excluding carboxylic acids is 2. The van der Waals surface area contributed by atoms with Crippen LogP contribution < -0.4 is 0 Å². The van der Waals surface area contributed by atoms with E-state index in [4.69, 9.17) is 11.6 Å². The minimum absolute atomic E-state index is 0.0917. The highest BCUT2D eigenvalue weighted by Crippen LogP contribution is 2.17. The number of hydrogen-bond donors (Lipinski definition) is 0. The molecule has 0 heterocycles. The first kappa shape index (κ1) is 14.7. The van der Waals surface area contributed by atoms with Crippen molar-refractivity contribution in [3.8, 4) is 0 Å².